The first-order valence-corrected chi connectivity index (χ1v) is 44.2. The number of nitrogens with zero attached hydrogens (tertiary/aromatic N) is 14. The number of likely N-dealkylation sites (tertiary alicyclic amines) is 2. The number of aliphatic hydroxyl groups excluding tert-OH is 1. The number of amides is 2. The van der Waals surface area contributed by atoms with Gasteiger partial charge in [0, 0.05) is 81.6 Å². The van der Waals surface area contributed by atoms with Gasteiger partial charge in [-0.2, -0.15) is 64.8 Å². The van der Waals surface area contributed by atoms with Gasteiger partial charge in [-0.15, -0.1) is 0 Å². The smallest absolute Gasteiger partial charge is 0.464 e. The number of alkyl halides is 9. The van der Waals surface area contributed by atoms with Crippen LogP contribution in [0.1, 0.15) is 192 Å². The Morgan fingerprint density at radius 1 is 0.500 bits per heavy atom. The first-order valence-electron chi connectivity index (χ1n) is 41.9. The molecule has 9 heterocycles. The fourth-order valence-electron chi connectivity index (χ4n) is 15.1. The third-order valence-corrected chi connectivity index (χ3v) is 23.2. The van der Waals surface area contributed by atoms with E-state index < -0.39 is 89.6 Å². The summed E-state index contributed by atoms with van der Waals surface area (Å²) in [7, 11) is -0.341. The van der Waals surface area contributed by atoms with Crippen molar-refractivity contribution in [2.75, 3.05) is 43.5 Å². The van der Waals surface area contributed by atoms with Gasteiger partial charge in [0.25, 0.3) is 0 Å². The molecule has 30 nitrogen and oxygen atoms in total. The van der Waals surface area contributed by atoms with Gasteiger partial charge >= 0.3 is 49.8 Å². The zero-order chi connectivity index (χ0) is 99.1. The van der Waals surface area contributed by atoms with E-state index in [1.165, 1.54) is 98.2 Å². The number of carbonyl (C=O) groups is 4. The van der Waals surface area contributed by atoms with E-state index >= 15 is 0 Å². The fourth-order valence-corrected chi connectivity index (χ4v) is 16.2. The van der Waals surface area contributed by atoms with E-state index in [2.05, 4.69) is 79.0 Å². The van der Waals surface area contributed by atoms with Gasteiger partial charge in [-0.1, -0.05) is 100.0 Å². The molecule has 46 heteroatoms. The summed E-state index contributed by atoms with van der Waals surface area (Å²) in [4.78, 5) is 77.1. The number of aliphatic hydroxyl groups is 1. The molecule has 3 fully saturated rings. The standard InChI is InChI=1S/C33H38ClF3N6O5.C23H38BNO6.C16H12Cl2F3N5O.C12H10ClF3N2O.C4H3Cl2N3/c1-6-46-28(44)25-17-32(18-42(25)30(45)48-31(3,4)5)12-9-20(10-13-32)23-16-26(40-29(38)39-23)47-27(33(35,36)37)22-8-7-21(34)15-24(22)43-14-11-19(2)41-43;1-9-28-18(26)17-14-23(15-25(17)19(27)29-20(2,3)4)12-10-16(11-13-23)24-30-21(5,6)22(7,8)31-24;1-8-4-5-26(25-8)11-6-9(17)2-3-10(11)14(16(19,20)21)27-13-7-12(18)23-15(22)24-13;1-7-4-5-18(17-7)10-6-8(13)2-3-9(10)11(19)12(14,15)16;5-2-1-3(6)9-4(7)8-2/h7-9,11,14-16,25,27H,6,10,12-13,17-18H2,1-5H3,(H2,38,39,40);10,17H,9,11-15H2,1-8H3;2-7,14H,1H3,(H2,22,23,24);2-6,11,19H,1H3;1H,(H2,7,8,9)/t25?,27-,32?;;14-;11-;/m1.11./s1. The zero-order valence-electron chi connectivity index (χ0n) is 75.5. The zero-order valence-corrected chi connectivity index (χ0v) is 80.0. The van der Waals surface area contributed by atoms with Gasteiger partial charge in [0.15, 0.2) is 6.10 Å². The highest BCUT2D eigenvalue weighted by molar-refractivity contribution is 6.54. The lowest BCUT2D eigenvalue weighted by atomic mass is 9.65. The Hall–Kier alpha value is -10.5. The van der Waals surface area contributed by atoms with Gasteiger partial charge in [-0.25, -0.2) is 53.2 Å². The van der Waals surface area contributed by atoms with Crippen LogP contribution in [0.5, 0.6) is 11.8 Å². The van der Waals surface area contributed by atoms with Crippen molar-refractivity contribution >= 4 is 124 Å². The Morgan fingerprint density at radius 2 is 0.866 bits per heavy atom. The summed E-state index contributed by atoms with van der Waals surface area (Å²) in [5.41, 5.74) is 17.5. The summed E-state index contributed by atoms with van der Waals surface area (Å²) in [6.45, 7) is 28.8. The molecule has 7 N–H and O–H groups in total. The molecule has 3 aromatic carbocycles. The number of aryl methyl sites for hydroxylation is 3. The van der Waals surface area contributed by atoms with Crippen molar-refractivity contribution in [3.63, 3.8) is 0 Å². The molecule has 5 aliphatic rings. The largest absolute Gasteiger partial charge is 0.490 e. The molecular formula is C88H101BCl6F9N17O13. The summed E-state index contributed by atoms with van der Waals surface area (Å²) in [6, 6.07) is 19.0. The number of hydrogen-bond donors (Lipinski definition) is 4. The molecule has 134 heavy (non-hydrogen) atoms. The van der Waals surface area contributed by atoms with Gasteiger partial charge in [0.2, 0.25) is 41.8 Å². The number of esters is 2. The van der Waals surface area contributed by atoms with E-state index in [0.29, 0.717) is 61.4 Å². The van der Waals surface area contributed by atoms with Crippen molar-refractivity contribution in [1.82, 2.24) is 69.0 Å². The molecule has 2 spiro atoms. The molecule has 3 saturated heterocycles. The second-order valence-electron chi connectivity index (χ2n) is 35.2. The maximum Gasteiger partial charge on any atom is 0.490 e. The Balaban J connectivity index is 0.000000187. The van der Waals surface area contributed by atoms with Gasteiger partial charge < -0.3 is 60.0 Å². The van der Waals surface area contributed by atoms with Crippen molar-refractivity contribution in [2.24, 2.45) is 10.8 Å². The Morgan fingerprint density at radius 3 is 1.20 bits per heavy atom. The summed E-state index contributed by atoms with van der Waals surface area (Å²) >= 11 is 34.5. The van der Waals surface area contributed by atoms with E-state index in [-0.39, 0.29) is 137 Å². The van der Waals surface area contributed by atoms with Gasteiger partial charge in [-0.05, 0) is 232 Å². The monoisotopic (exact) mass is 2000 g/mol. The third-order valence-electron chi connectivity index (χ3n) is 21.9. The van der Waals surface area contributed by atoms with E-state index in [0.717, 1.165) is 42.4 Å². The lowest BCUT2D eigenvalue weighted by Crippen LogP contribution is -2.44. The van der Waals surface area contributed by atoms with E-state index in [9.17, 15) is 63.8 Å². The molecule has 0 saturated carbocycles. The predicted molar refractivity (Wildman–Crippen MR) is 485 cm³/mol. The summed E-state index contributed by atoms with van der Waals surface area (Å²) in [6.07, 6.45) is -9.23. The van der Waals surface area contributed by atoms with Crippen LogP contribution in [-0.4, -0.2) is 185 Å². The highest BCUT2D eigenvalue weighted by atomic mass is 35.5. The predicted octanol–water partition coefficient (Wildman–Crippen LogP) is 20.6. The molecule has 6 aromatic heterocycles. The molecule has 0 radical (unpaired) electrons. The maximum atomic E-state index is 14.6. The van der Waals surface area contributed by atoms with Crippen molar-refractivity contribution < 1.29 is 102 Å². The quantitative estimate of drug-likeness (QED) is 0.0229. The Bertz CT molecular complexity index is 5690. The lowest BCUT2D eigenvalue weighted by Gasteiger charge is -2.33. The number of benzene rings is 3. The van der Waals surface area contributed by atoms with Crippen LogP contribution in [0.25, 0.3) is 22.6 Å². The summed E-state index contributed by atoms with van der Waals surface area (Å²) in [5.74, 6) is -2.10. The number of rotatable bonds is 16. The van der Waals surface area contributed by atoms with Crippen LogP contribution >= 0.6 is 69.6 Å². The topological polar surface area (TPSA) is 378 Å². The summed E-state index contributed by atoms with van der Waals surface area (Å²) in [5, 5.41) is 22.9. The highest BCUT2D eigenvalue weighted by Crippen LogP contribution is 2.52. The van der Waals surface area contributed by atoms with Crippen molar-refractivity contribution in [3.8, 4) is 28.8 Å². The molecule has 724 valence electrons. The SMILES string of the molecule is CCOC(=O)C1CC2(CC=C(B3OC(C)(C)C(C)(C)O3)CC2)CN1C(=O)OC(C)(C)C.CCOC(=O)C1CC2(CC=C(c3cc(O[C@H](c4ccc(Cl)cc4-n4ccc(C)n4)C(F)(F)F)nc(N)n3)CC2)CN1C(=O)OC(C)(C)C.Cc1ccn(-c2cc(Cl)ccc2[C@@H](O)C(F)(F)F)n1.Cc1ccn(-c2cc(Cl)ccc2[C@@H](Oc2cc(Cl)nc(N)n2)C(F)(F)F)n1.Nc1nc(Cl)cc(Cl)n1. The minimum Gasteiger partial charge on any atom is -0.464 e. The molecule has 7 atom stereocenters. The van der Waals surface area contributed by atoms with Crippen LogP contribution in [-0.2, 0) is 37.8 Å². The molecular weight excluding hydrogens is 1900 g/mol. The number of aromatic nitrogens is 12. The average Bonchev–Trinajstić information content (AvgIpc) is 1.23. The lowest BCUT2D eigenvalue weighted by molar-refractivity contribution is -0.206. The Labute approximate surface area is 797 Å². The highest BCUT2D eigenvalue weighted by Gasteiger charge is 2.57. The normalized spacial score (nSPS) is 19.4. The van der Waals surface area contributed by atoms with E-state index in [4.69, 9.17) is 125 Å². The van der Waals surface area contributed by atoms with Gasteiger partial charge in [-0.3, -0.25) is 9.80 Å². The number of carbonyl (C=O) groups excluding carboxylic acids is 4. The number of ether oxygens (including phenoxy) is 6. The second-order valence-corrected chi connectivity index (χ2v) is 37.7. The van der Waals surface area contributed by atoms with E-state index in [1.54, 1.807) is 78.5 Å². The molecule has 2 amide bonds. The molecule has 2 aliphatic carbocycles. The number of nitrogens with two attached hydrogens (primary N) is 3. The molecule has 3 aliphatic heterocycles. The van der Waals surface area contributed by atoms with Crippen molar-refractivity contribution in [3.05, 3.63) is 197 Å². The third kappa shape index (κ3) is 27.7. The molecule has 9 aromatic rings. The number of anilines is 3. The number of halogens is 15. The van der Waals surface area contributed by atoms with E-state index in [1.807, 2.05) is 26.8 Å². The van der Waals surface area contributed by atoms with Gasteiger partial charge in [0.05, 0.1) is 64.3 Å². The summed E-state index contributed by atoms with van der Waals surface area (Å²) < 4.78 is 172. The van der Waals surface area contributed by atoms with Crippen molar-refractivity contribution in [2.45, 2.75) is 227 Å². The van der Waals surface area contributed by atoms with Crippen LogP contribution in [0, 0.1) is 31.6 Å². The van der Waals surface area contributed by atoms with Crippen LogP contribution in [0.4, 0.5) is 66.9 Å². The fraction of sp³-hybridized carbons (Fsp3) is 0.466. The molecule has 0 bridgehead atoms. The van der Waals surface area contributed by atoms with Crippen molar-refractivity contribution in [1.29, 1.82) is 0 Å². The number of hydrogen-bond acceptors (Lipinski definition) is 25. The average molecular weight is 2000 g/mol. The second kappa shape index (κ2) is 42.4. The first kappa shape index (κ1) is 106. The van der Waals surface area contributed by atoms with Gasteiger partial charge in [0.1, 0.15) is 38.7 Å². The Kier molecular flexibility index (Phi) is 33.4. The minimum absolute atomic E-state index is 0.0903. The first-order chi connectivity index (χ1) is 62.2. The number of allylic oxidation sites excluding steroid dienone is 4. The maximum absolute atomic E-state index is 14.6. The van der Waals surface area contributed by atoms with Crippen LogP contribution in [0.3, 0.4) is 0 Å². The molecule has 14 rings (SSSR count). The number of nitrogen functional groups attached to an aromatic ring is 3. The van der Waals surface area contributed by atoms with Crippen LogP contribution in [0.2, 0.25) is 30.5 Å². The minimum atomic E-state index is -4.85. The van der Waals surface area contributed by atoms with Crippen LogP contribution in [0.15, 0.2) is 127 Å². The molecule has 4 unspecified atom stereocenters. The van der Waals surface area contributed by atoms with Crippen LogP contribution < -0.4 is 26.7 Å².